The van der Waals surface area contributed by atoms with E-state index in [4.69, 9.17) is 16.1 Å². The number of nitrogens with one attached hydrogen (secondary N) is 2. The second-order valence-corrected chi connectivity index (χ2v) is 9.75. The van der Waals surface area contributed by atoms with Crippen LogP contribution in [0.15, 0.2) is 74.8 Å². The Morgan fingerprint density at radius 1 is 1.07 bits per heavy atom. The highest BCUT2D eigenvalue weighted by Gasteiger charge is 2.16. The average Bonchev–Trinajstić information content (AvgIpc) is 3.47. The molecule has 3 heterocycles. The Hall–Kier alpha value is -3.14. The molecule has 0 radical (unpaired) electrons. The first-order valence-electron chi connectivity index (χ1n) is 8.77. The summed E-state index contributed by atoms with van der Waals surface area (Å²) >= 11 is 7.19. The van der Waals surface area contributed by atoms with Crippen molar-refractivity contribution in [1.29, 1.82) is 0 Å². The third-order valence-corrected chi connectivity index (χ3v) is 7.41. The molecular weight excluding hydrogens is 444 g/mol. The first-order chi connectivity index (χ1) is 14.5. The molecule has 2 N–H and O–H groups in total. The normalized spacial score (nSPS) is 11.8. The number of aromatic amines is 1. The van der Waals surface area contributed by atoms with E-state index >= 15 is 0 Å². The van der Waals surface area contributed by atoms with Crippen molar-refractivity contribution in [2.24, 2.45) is 0 Å². The summed E-state index contributed by atoms with van der Waals surface area (Å²) < 4.78 is 32.8. The highest BCUT2D eigenvalue weighted by molar-refractivity contribution is 7.94. The van der Waals surface area contributed by atoms with E-state index in [1.54, 1.807) is 47.8 Å². The van der Waals surface area contributed by atoms with E-state index in [2.05, 4.69) is 19.8 Å². The number of fused-ring (bicyclic) bond motifs is 1. The molecular formula is C20H13ClN4O3S2. The number of nitrogens with zero attached hydrogens (tertiary/aromatic N) is 2. The maximum absolute atomic E-state index is 12.3. The van der Waals surface area contributed by atoms with Crippen molar-refractivity contribution in [2.45, 2.75) is 4.21 Å². The molecule has 30 heavy (non-hydrogen) atoms. The number of rotatable bonds is 5. The van der Waals surface area contributed by atoms with Crippen molar-refractivity contribution in [2.75, 3.05) is 4.72 Å². The molecule has 0 bridgehead atoms. The zero-order valence-electron chi connectivity index (χ0n) is 15.2. The summed E-state index contributed by atoms with van der Waals surface area (Å²) in [5, 5.41) is 7.33. The van der Waals surface area contributed by atoms with Crippen molar-refractivity contribution < 1.29 is 12.9 Å². The summed E-state index contributed by atoms with van der Waals surface area (Å²) in [5.74, 6) is 0.745. The van der Waals surface area contributed by atoms with Crippen LogP contribution in [0.5, 0.6) is 0 Å². The number of hydrogen-bond acceptors (Lipinski definition) is 6. The fraction of sp³-hybridized carbons (Fsp3) is 0. The Balaban J connectivity index is 1.38. The smallest absolute Gasteiger partial charge is 0.274 e. The fourth-order valence-corrected chi connectivity index (χ4v) is 5.21. The molecule has 0 unspecified atom stereocenters. The first-order valence-corrected chi connectivity index (χ1v) is 11.5. The van der Waals surface area contributed by atoms with Crippen LogP contribution in [-0.2, 0) is 10.0 Å². The number of aromatic nitrogens is 3. The van der Waals surface area contributed by atoms with Crippen LogP contribution in [0.1, 0.15) is 0 Å². The molecule has 0 saturated carbocycles. The van der Waals surface area contributed by atoms with Crippen molar-refractivity contribution in [3.63, 3.8) is 0 Å². The van der Waals surface area contributed by atoms with Crippen molar-refractivity contribution in [3.05, 3.63) is 71.1 Å². The third-order valence-electron chi connectivity index (χ3n) is 4.39. The lowest BCUT2D eigenvalue weighted by atomic mass is 10.2. The second kappa shape index (κ2) is 7.28. The summed E-state index contributed by atoms with van der Waals surface area (Å²) in [6.45, 7) is 0. The van der Waals surface area contributed by atoms with Crippen molar-refractivity contribution in [3.8, 4) is 23.0 Å². The first kappa shape index (κ1) is 18.9. The fourth-order valence-electron chi connectivity index (χ4n) is 2.98. The van der Waals surface area contributed by atoms with Crippen LogP contribution in [0.4, 0.5) is 5.69 Å². The largest absolute Gasteiger partial charge is 0.351 e. The van der Waals surface area contributed by atoms with Gasteiger partial charge in [-0.1, -0.05) is 22.8 Å². The van der Waals surface area contributed by atoms with Gasteiger partial charge in [0.15, 0.2) is 0 Å². The molecule has 5 aromatic rings. The molecule has 3 aromatic heterocycles. The molecule has 0 aliphatic heterocycles. The number of thiophene rings is 1. The number of hydrogen-bond donors (Lipinski definition) is 2. The van der Waals surface area contributed by atoms with Gasteiger partial charge in [-0.15, -0.1) is 11.3 Å². The average molecular weight is 457 g/mol. The highest BCUT2D eigenvalue weighted by atomic mass is 35.5. The molecule has 0 fully saturated rings. The molecule has 0 aliphatic carbocycles. The van der Waals surface area contributed by atoms with Gasteiger partial charge in [0.2, 0.25) is 5.82 Å². The van der Waals surface area contributed by atoms with Crippen LogP contribution in [-0.4, -0.2) is 23.5 Å². The van der Waals surface area contributed by atoms with Gasteiger partial charge >= 0.3 is 0 Å². The molecule has 0 saturated heterocycles. The van der Waals surface area contributed by atoms with Gasteiger partial charge in [-0.3, -0.25) is 4.72 Å². The van der Waals surface area contributed by atoms with Gasteiger partial charge in [-0.05, 0) is 60.0 Å². The van der Waals surface area contributed by atoms with Gasteiger partial charge in [0, 0.05) is 27.2 Å². The zero-order valence-corrected chi connectivity index (χ0v) is 17.6. The summed E-state index contributed by atoms with van der Waals surface area (Å²) in [6.07, 6.45) is 0. The standard InChI is InChI=1S/C20H13ClN4O3S2/c21-14-5-8-16-13(10-14)11-17(22-16)20-23-19(24-28-20)12-3-6-15(7-4-12)25-30(26,27)18-2-1-9-29-18/h1-11,22,25H. The van der Waals surface area contributed by atoms with Gasteiger partial charge < -0.3 is 9.51 Å². The molecule has 2 aromatic carbocycles. The van der Waals surface area contributed by atoms with Crippen LogP contribution in [0.2, 0.25) is 5.02 Å². The SMILES string of the molecule is O=S(=O)(Nc1ccc(-c2noc(-c3cc4cc(Cl)ccc4[nH]3)n2)cc1)c1cccs1. The molecule has 150 valence electrons. The van der Waals surface area contributed by atoms with E-state index in [0.717, 1.165) is 22.2 Å². The quantitative estimate of drug-likeness (QED) is 0.368. The third kappa shape index (κ3) is 3.58. The minimum Gasteiger partial charge on any atom is -0.351 e. The number of H-pyrrole nitrogens is 1. The lowest BCUT2D eigenvalue weighted by Crippen LogP contribution is -2.11. The maximum atomic E-state index is 12.3. The summed E-state index contributed by atoms with van der Waals surface area (Å²) in [6, 6.07) is 17.4. The number of halogens is 1. The summed E-state index contributed by atoms with van der Waals surface area (Å²) in [4.78, 5) is 7.66. The lowest BCUT2D eigenvalue weighted by Gasteiger charge is -2.06. The minimum atomic E-state index is -3.59. The van der Waals surface area contributed by atoms with E-state index in [9.17, 15) is 8.42 Å². The Kier molecular flexibility index (Phi) is 4.58. The van der Waals surface area contributed by atoms with E-state index in [0.29, 0.717) is 33.7 Å². The van der Waals surface area contributed by atoms with Gasteiger partial charge in [0.05, 0.1) is 0 Å². The van der Waals surface area contributed by atoms with E-state index in [-0.39, 0.29) is 4.21 Å². The molecule has 5 rings (SSSR count). The highest BCUT2D eigenvalue weighted by Crippen LogP contribution is 2.28. The predicted molar refractivity (Wildman–Crippen MR) is 117 cm³/mol. The lowest BCUT2D eigenvalue weighted by molar-refractivity contribution is 0.431. The molecule has 0 spiro atoms. The Morgan fingerprint density at radius 2 is 1.90 bits per heavy atom. The zero-order chi connectivity index (χ0) is 20.7. The van der Waals surface area contributed by atoms with Crippen LogP contribution >= 0.6 is 22.9 Å². The Morgan fingerprint density at radius 3 is 2.67 bits per heavy atom. The Labute approximate surface area is 180 Å². The number of benzene rings is 2. The molecule has 0 atom stereocenters. The minimum absolute atomic E-state index is 0.258. The topological polar surface area (TPSA) is 101 Å². The van der Waals surface area contributed by atoms with E-state index in [1.165, 1.54) is 0 Å². The van der Waals surface area contributed by atoms with Crippen LogP contribution < -0.4 is 4.72 Å². The summed E-state index contributed by atoms with van der Waals surface area (Å²) in [5.41, 5.74) is 2.74. The maximum Gasteiger partial charge on any atom is 0.274 e. The van der Waals surface area contributed by atoms with Gasteiger partial charge in [0.1, 0.15) is 9.90 Å². The molecule has 0 amide bonds. The molecule has 0 aliphatic rings. The van der Waals surface area contributed by atoms with Crippen LogP contribution in [0.3, 0.4) is 0 Å². The monoisotopic (exact) mass is 456 g/mol. The van der Waals surface area contributed by atoms with Gasteiger partial charge in [-0.25, -0.2) is 8.42 Å². The van der Waals surface area contributed by atoms with Crippen LogP contribution in [0, 0.1) is 0 Å². The van der Waals surface area contributed by atoms with Crippen LogP contribution in [0.25, 0.3) is 33.9 Å². The van der Waals surface area contributed by atoms with Gasteiger partial charge in [-0.2, -0.15) is 4.98 Å². The van der Waals surface area contributed by atoms with Gasteiger partial charge in [0.25, 0.3) is 15.9 Å². The molecule has 10 heteroatoms. The molecule has 7 nitrogen and oxygen atoms in total. The van der Waals surface area contributed by atoms with Crippen molar-refractivity contribution >= 4 is 49.6 Å². The number of sulfonamides is 1. The summed E-state index contributed by atoms with van der Waals surface area (Å²) in [7, 11) is -3.59. The number of anilines is 1. The van der Waals surface area contributed by atoms with E-state index in [1.807, 2.05) is 18.2 Å². The van der Waals surface area contributed by atoms with E-state index < -0.39 is 10.0 Å². The second-order valence-electron chi connectivity index (χ2n) is 6.45. The van der Waals surface area contributed by atoms with Crippen molar-refractivity contribution in [1.82, 2.24) is 15.1 Å². The predicted octanol–water partition coefficient (Wildman–Crippen LogP) is 5.40. The Bertz CT molecular complexity index is 1440.